The van der Waals surface area contributed by atoms with Gasteiger partial charge in [-0.25, -0.2) is 9.78 Å². The van der Waals surface area contributed by atoms with Crippen molar-refractivity contribution in [3.63, 3.8) is 0 Å². The molecule has 6 heteroatoms. The van der Waals surface area contributed by atoms with Crippen LogP contribution in [-0.4, -0.2) is 33.6 Å². The summed E-state index contributed by atoms with van der Waals surface area (Å²) in [7, 11) is 2.07. The maximum atomic E-state index is 10.8. The van der Waals surface area contributed by atoms with E-state index >= 15 is 0 Å². The summed E-state index contributed by atoms with van der Waals surface area (Å²) in [4.78, 5) is 18.6. The Morgan fingerprint density at radius 3 is 2.95 bits per heavy atom. The molecule has 5 nitrogen and oxygen atoms in total. The Bertz CT molecular complexity index is 668. The molecule has 1 aliphatic rings. The number of imidazole rings is 1. The number of fused-ring (bicyclic) bond motifs is 1. The fourth-order valence-electron chi connectivity index (χ4n) is 3.00. The van der Waals surface area contributed by atoms with Crippen LogP contribution in [0.3, 0.4) is 0 Å². The van der Waals surface area contributed by atoms with Crippen LogP contribution < -0.4 is 4.90 Å². The highest BCUT2D eigenvalue weighted by Gasteiger charge is 2.23. The van der Waals surface area contributed by atoms with E-state index in [1.54, 1.807) is 17.4 Å². The topological polar surface area (TPSA) is 57.8 Å². The molecule has 3 rings (SSSR count). The number of carbonyl (C=O) groups is 1. The van der Waals surface area contributed by atoms with E-state index in [4.69, 9.17) is 5.11 Å². The van der Waals surface area contributed by atoms with Gasteiger partial charge in [-0.3, -0.25) is 4.40 Å². The number of anilines is 1. The average molecular weight is 305 g/mol. The van der Waals surface area contributed by atoms with Crippen LogP contribution in [0.1, 0.15) is 37.8 Å². The Kier molecular flexibility index (Phi) is 3.96. The van der Waals surface area contributed by atoms with Crippen molar-refractivity contribution in [3.8, 4) is 0 Å². The van der Waals surface area contributed by atoms with Crippen LogP contribution in [0.5, 0.6) is 0 Å². The van der Waals surface area contributed by atoms with Crippen molar-refractivity contribution < 1.29 is 9.90 Å². The molecule has 1 N–H and O–H groups in total. The van der Waals surface area contributed by atoms with Crippen LogP contribution in [0.2, 0.25) is 0 Å². The highest BCUT2D eigenvalue weighted by Crippen LogP contribution is 2.30. The van der Waals surface area contributed by atoms with Crippen LogP contribution in [0.15, 0.2) is 17.7 Å². The summed E-state index contributed by atoms with van der Waals surface area (Å²) in [6, 6.07) is 0.500. The van der Waals surface area contributed by atoms with Crippen molar-refractivity contribution in [2.45, 2.75) is 38.1 Å². The largest absolute Gasteiger partial charge is 0.478 e. The van der Waals surface area contributed by atoms with Gasteiger partial charge in [0.15, 0.2) is 10.8 Å². The minimum Gasteiger partial charge on any atom is -0.478 e. The molecule has 112 valence electrons. The van der Waals surface area contributed by atoms with Crippen LogP contribution in [0, 0.1) is 0 Å². The first-order valence-electron chi connectivity index (χ1n) is 7.26. The lowest BCUT2D eigenvalue weighted by Crippen LogP contribution is -2.34. The minimum absolute atomic E-state index is 0.500. The molecule has 0 spiro atoms. The molecule has 2 aromatic heterocycles. The Morgan fingerprint density at radius 1 is 1.48 bits per heavy atom. The number of hydrogen-bond donors (Lipinski definition) is 1. The maximum Gasteiger partial charge on any atom is 0.328 e. The van der Waals surface area contributed by atoms with Gasteiger partial charge >= 0.3 is 5.97 Å². The lowest BCUT2D eigenvalue weighted by atomic mass is 9.94. The van der Waals surface area contributed by atoms with E-state index in [2.05, 4.69) is 16.9 Å². The van der Waals surface area contributed by atoms with Crippen molar-refractivity contribution >= 4 is 34.2 Å². The third-order valence-electron chi connectivity index (χ3n) is 4.12. The van der Waals surface area contributed by atoms with Crippen LogP contribution >= 0.6 is 11.3 Å². The summed E-state index contributed by atoms with van der Waals surface area (Å²) in [6.07, 6.45) is 11.0. The number of aromatic nitrogens is 2. The molecule has 1 fully saturated rings. The summed E-state index contributed by atoms with van der Waals surface area (Å²) < 4.78 is 1.96. The van der Waals surface area contributed by atoms with Gasteiger partial charge in [-0.2, -0.15) is 0 Å². The standard InChI is InChI=1S/C15H19N3O2S/c1-17(11-5-3-2-4-6-11)14-12(7-8-13(19)20)18-9-10-21-15(18)16-14/h7-11H,2-6H2,1H3,(H,19,20)/b8-7+. The van der Waals surface area contributed by atoms with Gasteiger partial charge < -0.3 is 10.0 Å². The maximum absolute atomic E-state index is 10.8. The first-order valence-corrected chi connectivity index (χ1v) is 8.14. The molecular weight excluding hydrogens is 286 g/mol. The second kappa shape index (κ2) is 5.89. The van der Waals surface area contributed by atoms with Crippen molar-refractivity contribution in [2.24, 2.45) is 0 Å². The third kappa shape index (κ3) is 2.81. The highest BCUT2D eigenvalue weighted by atomic mass is 32.1. The SMILES string of the molecule is CN(c1nc2sccn2c1/C=C/C(=O)O)C1CCCCC1. The zero-order valence-electron chi connectivity index (χ0n) is 12.0. The Labute approximate surface area is 127 Å². The van der Waals surface area contributed by atoms with Crippen molar-refractivity contribution in [3.05, 3.63) is 23.3 Å². The normalized spacial score (nSPS) is 16.8. The van der Waals surface area contributed by atoms with Crippen LogP contribution in [0.4, 0.5) is 5.82 Å². The lowest BCUT2D eigenvalue weighted by molar-refractivity contribution is -0.131. The van der Waals surface area contributed by atoms with E-state index in [1.165, 1.54) is 38.2 Å². The minimum atomic E-state index is -0.938. The number of hydrogen-bond acceptors (Lipinski definition) is 4. The van der Waals surface area contributed by atoms with E-state index < -0.39 is 5.97 Å². The van der Waals surface area contributed by atoms with Crippen molar-refractivity contribution in [1.29, 1.82) is 0 Å². The Balaban J connectivity index is 1.98. The highest BCUT2D eigenvalue weighted by molar-refractivity contribution is 7.15. The van der Waals surface area contributed by atoms with Crippen molar-refractivity contribution in [2.75, 3.05) is 11.9 Å². The summed E-state index contributed by atoms with van der Waals surface area (Å²) in [5.41, 5.74) is 0.849. The third-order valence-corrected chi connectivity index (χ3v) is 4.88. The van der Waals surface area contributed by atoms with E-state index in [-0.39, 0.29) is 0 Å². The average Bonchev–Trinajstić information content (AvgIpc) is 3.06. The molecule has 1 saturated carbocycles. The molecule has 0 radical (unpaired) electrons. The van der Waals surface area contributed by atoms with Gasteiger partial charge in [-0.1, -0.05) is 19.3 Å². The van der Waals surface area contributed by atoms with E-state index in [0.717, 1.165) is 16.5 Å². The zero-order chi connectivity index (χ0) is 14.8. The van der Waals surface area contributed by atoms with Crippen LogP contribution in [0.25, 0.3) is 11.0 Å². The summed E-state index contributed by atoms with van der Waals surface area (Å²) in [5.74, 6) is -0.0577. The van der Waals surface area contributed by atoms with E-state index in [0.29, 0.717) is 6.04 Å². The molecule has 0 aromatic carbocycles. The first-order chi connectivity index (χ1) is 10.2. The molecule has 0 saturated heterocycles. The second-order valence-electron chi connectivity index (χ2n) is 5.45. The van der Waals surface area contributed by atoms with Gasteiger partial charge in [0.05, 0.1) is 5.69 Å². The van der Waals surface area contributed by atoms with Gasteiger partial charge in [0, 0.05) is 30.7 Å². The predicted molar refractivity (Wildman–Crippen MR) is 85.0 cm³/mol. The van der Waals surface area contributed by atoms with Gasteiger partial charge in [0.25, 0.3) is 0 Å². The number of carboxylic acids is 1. The quantitative estimate of drug-likeness (QED) is 0.881. The number of thiazole rings is 1. The number of nitrogens with zero attached hydrogens (tertiary/aromatic N) is 3. The van der Waals surface area contributed by atoms with Crippen molar-refractivity contribution in [1.82, 2.24) is 9.38 Å². The van der Waals surface area contributed by atoms with Gasteiger partial charge in [0.1, 0.15) is 0 Å². The molecule has 21 heavy (non-hydrogen) atoms. The molecule has 0 atom stereocenters. The smallest absolute Gasteiger partial charge is 0.328 e. The fraction of sp³-hybridized carbons (Fsp3) is 0.467. The monoisotopic (exact) mass is 305 g/mol. The molecule has 2 aromatic rings. The van der Waals surface area contributed by atoms with Crippen LogP contribution in [-0.2, 0) is 4.79 Å². The van der Waals surface area contributed by atoms with Gasteiger partial charge in [-0.15, -0.1) is 11.3 Å². The zero-order valence-corrected chi connectivity index (χ0v) is 12.8. The van der Waals surface area contributed by atoms with Gasteiger partial charge in [-0.05, 0) is 18.9 Å². The number of rotatable bonds is 4. The molecule has 0 unspecified atom stereocenters. The Hall–Kier alpha value is -1.82. The Morgan fingerprint density at radius 2 is 2.24 bits per heavy atom. The second-order valence-corrected chi connectivity index (χ2v) is 6.32. The van der Waals surface area contributed by atoms with E-state index in [9.17, 15) is 4.79 Å². The lowest BCUT2D eigenvalue weighted by Gasteiger charge is -2.31. The molecule has 0 aliphatic heterocycles. The molecule has 2 heterocycles. The molecule has 1 aliphatic carbocycles. The predicted octanol–water partition coefficient (Wildman–Crippen LogP) is 3.26. The summed E-state index contributed by atoms with van der Waals surface area (Å²) in [6.45, 7) is 0. The fourth-order valence-corrected chi connectivity index (χ4v) is 3.71. The first kappa shape index (κ1) is 14.1. The molecule has 0 amide bonds. The van der Waals surface area contributed by atoms with Gasteiger partial charge in [0.2, 0.25) is 0 Å². The summed E-state index contributed by atoms with van der Waals surface area (Å²) >= 11 is 1.56. The molecule has 0 bridgehead atoms. The summed E-state index contributed by atoms with van der Waals surface area (Å²) in [5, 5.41) is 10.8. The molecular formula is C15H19N3O2S. The number of carboxylic acid groups (broad SMARTS) is 1. The van der Waals surface area contributed by atoms with E-state index in [1.807, 2.05) is 16.0 Å². The number of aliphatic carboxylic acids is 1.